The van der Waals surface area contributed by atoms with Crippen molar-refractivity contribution < 1.29 is 27.8 Å². The van der Waals surface area contributed by atoms with Crippen LogP contribution in [-0.2, 0) is 11.3 Å². The van der Waals surface area contributed by atoms with Gasteiger partial charge < -0.3 is 19.7 Å². The standard InChI is InChI=1S/C24H28F2N4O4/c1-15-27-8-6-19(28-15)21(31)29-17-11-23(14-24(25,26)12-17)7-9-30(22(23)32)13-16-4-5-18(33-2)10-20(16)34-3/h4-6,8,10,17H,7,9,11-14H2,1-3H3,(H,29,31)/t17-,23+/m0/s1. The Balaban J connectivity index is 1.51. The summed E-state index contributed by atoms with van der Waals surface area (Å²) in [4.78, 5) is 35.7. The van der Waals surface area contributed by atoms with E-state index in [0.29, 0.717) is 30.3 Å². The SMILES string of the molecule is COc1ccc(CN2CC[C@]3(C[C@H](NC(=O)c4ccnc(C)n4)CC(F)(F)C3)C2=O)c(OC)c1. The van der Waals surface area contributed by atoms with Crippen LogP contribution in [0.4, 0.5) is 8.78 Å². The van der Waals surface area contributed by atoms with Crippen LogP contribution in [0.3, 0.4) is 0 Å². The van der Waals surface area contributed by atoms with Crippen molar-refractivity contribution in [1.29, 1.82) is 0 Å². The van der Waals surface area contributed by atoms with Gasteiger partial charge >= 0.3 is 0 Å². The molecular formula is C24H28F2N4O4. The molecule has 10 heteroatoms. The minimum atomic E-state index is -3.07. The average molecular weight is 475 g/mol. The van der Waals surface area contributed by atoms with E-state index in [4.69, 9.17) is 9.47 Å². The highest BCUT2D eigenvalue weighted by atomic mass is 19.3. The van der Waals surface area contributed by atoms with E-state index in [1.165, 1.54) is 19.4 Å². The van der Waals surface area contributed by atoms with Gasteiger partial charge in [0.1, 0.15) is 23.0 Å². The summed E-state index contributed by atoms with van der Waals surface area (Å²) < 4.78 is 40.3. The van der Waals surface area contributed by atoms with Crippen molar-refractivity contribution in [2.75, 3.05) is 20.8 Å². The van der Waals surface area contributed by atoms with Crippen LogP contribution >= 0.6 is 0 Å². The quantitative estimate of drug-likeness (QED) is 0.692. The molecule has 0 radical (unpaired) electrons. The molecule has 2 fully saturated rings. The molecule has 1 aliphatic carbocycles. The number of hydrogen-bond donors (Lipinski definition) is 1. The largest absolute Gasteiger partial charge is 0.497 e. The van der Waals surface area contributed by atoms with Crippen molar-refractivity contribution >= 4 is 11.8 Å². The summed E-state index contributed by atoms with van der Waals surface area (Å²) in [5.74, 6) is -2.34. The lowest BCUT2D eigenvalue weighted by atomic mass is 9.69. The van der Waals surface area contributed by atoms with Crippen LogP contribution < -0.4 is 14.8 Å². The number of carbonyl (C=O) groups excluding carboxylic acids is 2. The second kappa shape index (κ2) is 9.15. The Morgan fingerprint density at radius 1 is 1.24 bits per heavy atom. The summed E-state index contributed by atoms with van der Waals surface area (Å²) in [6.07, 6.45) is 0.880. The zero-order valence-electron chi connectivity index (χ0n) is 19.4. The van der Waals surface area contributed by atoms with Crippen molar-refractivity contribution in [3.63, 3.8) is 0 Å². The van der Waals surface area contributed by atoms with Crippen LogP contribution in [0.25, 0.3) is 0 Å². The van der Waals surface area contributed by atoms with Gasteiger partial charge in [-0.2, -0.15) is 0 Å². The second-order valence-electron chi connectivity index (χ2n) is 9.04. The molecule has 0 bridgehead atoms. The molecule has 34 heavy (non-hydrogen) atoms. The van der Waals surface area contributed by atoms with Gasteiger partial charge in [-0.15, -0.1) is 0 Å². The lowest BCUT2D eigenvalue weighted by Crippen LogP contribution is -2.52. The Morgan fingerprint density at radius 3 is 2.74 bits per heavy atom. The molecule has 1 N–H and O–H groups in total. The Hall–Kier alpha value is -3.30. The molecule has 1 saturated carbocycles. The molecule has 1 aromatic heterocycles. The smallest absolute Gasteiger partial charge is 0.270 e. The van der Waals surface area contributed by atoms with Gasteiger partial charge in [-0.1, -0.05) is 0 Å². The molecule has 8 nitrogen and oxygen atoms in total. The maximum absolute atomic E-state index is 14.8. The van der Waals surface area contributed by atoms with Crippen molar-refractivity contribution in [2.45, 2.75) is 51.1 Å². The van der Waals surface area contributed by atoms with Gasteiger partial charge in [-0.3, -0.25) is 9.59 Å². The van der Waals surface area contributed by atoms with Gasteiger partial charge in [0.2, 0.25) is 5.91 Å². The number of methoxy groups -OCH3 is 2. The molecular weight excluding hydrogens is 446 g/mol. The van der Waals surface area contributed by atoms with Gasteiger partial charge in [-0.25, -0.2) is 18.7 Å². The number of aryl methyl sites for hydroxylation is 1. The molecule has 4 rings (SSSR count). The number of benzene rings is 1. The first-order valence-corrected chi connectivity index (χ1v) is 11.1. The lowest BCUT2D eigenvalue weighted by Gasteiger charge is -2.41. The third-order valence-electron chi connectivity index (χ3n) is 6.58. The predicted octanol–water partition coefficient (Wildman–Crippen LogP) is 3.14. The van der Waals surface area contributed by atoms with E-state index in [1.807, 2.05) is 0 Å². The highest BCUT2D eigenvalue weighted by Gasteiger charge is 2.57. The number of likely N-dealkylation sites (tertiary alicyclic amines) is 1. The second-order valence-corrected chi connectivity index (χ2v) is 9.04. The fourth-order valence-corrected chi connectivity index (χ4v) is 5.07. The predicted molar refractivity (Wildman–Crippen MR) is 119 cm³/mol. The third kappa shape index (κ3) is 4.80. The Kier molecular flexibility index (Phi) is 6.42. The number of carbonyl (C=O) groups is 2. The van der Waals surface area contributed by atoms with E-state index in [2.05, 4.69) is 15.3 Å². The molecule has 2 amide bonds. The first kappa shape index (κ1) is 23.8. The molecule has 2 heterocycles. The van der Waals surface area contributed by atoms with Crippen molar-refractivity contribution in [3.8, 4) is 11.5 Å². The Labute approximate surface area is 196 Å². The lowest BCUT2D eigenvalue weighted by molar-refractivity contribution is -0.149. The average Bonchev–Trinajstić information content (AvgIpc) is 3.07. The number of alkyl halides is 2. The van der Waals surface area contributed by atoms with Gasteiger partial charge in [0.25, 0.3) is 11.8 Å². The maximum atomic E-state index is 14.8. The fourth-order valence-electron chi connectivity index (χ4n) is 5.07. The Bertz CT molecular complexity index is 1100. The van der Waals surface area contributed by atoms with Crippen LogP contribution in [0.2, 0.25) is 0 Å². The van der Waals surface area contributed by atoms with E-state index in [9.17, 15) is 18.4 Å². The van der Waals surface area contributed by atoms with Gasteiger partial charge in [0.05, 0.1) is 19.6 Å². The van der Waals surface area contributed by atoms with Gasteiger partial charge in [0, 0.05) is 49.8 Å². The topological polar surface area (TPSA) is 93.6 Å². The summed E-state index contributed by atoms with van der Waals surface area (Å²) in [6, 6.07) is 5.89. The number of aromatic nitrogens is 2. The number of halogens is 2. The summed E-state index contributed by atoms with van der Waals surface area (Å²) in [5.41, 5.74) is -0.345. The van der Waals surface area contributed by atoms with Crippen molar-refractivity contribution in [2.24, 2.45) is 5.41 Å². The number of hydrogen-bond acceptors (Lipinski definition) is 6. The summed E-state index contributed by atoms with van der Waals surface area (Å²) in [6.45, 7) is 2.25. The molecule has 2 aromatic rings. The van der Waals surface area contributed by atoms with Crippen LogP contribution in [-0.4, -0.2) is 59.4 Å². The highest BCUT2D eigenvalue weighted by molar-refractivity contribution is 5.92. The minimum Gasteiger partial charge on any atom is -0.497 e. The molecule has 1 spiro atoms. The van der Waals surface area contributed by atoms with Crippen LogP contribution in [0.5, 0.6) is 11.5 Å². The van der Waals surface area contributed by atoms with E-state index in [1.54, 1.807) is 37.1 Å². The molecule has 1 saturated heterocycles. The van der Waals surface area contributed by atoms with Gasteiger partial charge in [-0.05, 0) is 38.0 Å². The van der Waals surface area contributed by atoms with E-state index < -0.39 is 36.1 Å². The maximum Gasteiger partial charge on any atom is 0.270 e. The zero-order valence-corrected chi connectivity index (χ0v) is 19.4. The fraction of sp³-hybridized carbons (Fsp3) is 0.500. The van der Waals surface area contributed by atoms with E-state index in [-0.39, 0.29) is 24.6 Å². The first-order valence-electron chi connectivity index (χ1n) is 11.1. The third-order valence-corrected chi connectivity index (χ3v) is 6.58. The van der Waals surface area contributed by atoms with Crippen LogP contribution in [0.15, 0.2) is 30.5 Å². The normalized spacial score (nSPS) is 23.7. The number of ether oxygens (including phenoxy) is 2. The number of nitrogens with one attached hydrogen (secondary N) is 1. The summed E-state index contributed by atoms with van der Waals surface area (Å²) in [5, 5.41) is 2.67. The molecule has 182 valence electrons. The van der Waals surface area contributed by atoms with E-state index >= 15 is 0 Å². The van der Waals surface area contributed by atoms with Crippen molar-refractivity contribution in [3.05, 3.63) is 47.5 Å². The van der Waals surface area contributed by atoms with Crippen LogP contribution in [0.1, 0.15) is 47.6 Å². The Morgan fingerprint density at radius 2 is 2.03 bits per heavy atom. The molecule has 0 unspecified atom stereocenters. The summed E-state index contributed by atoms with van der Waals surface area (Å²) >= 11 is 0. The molecule has 2 aliphatic rings. The summed E-state index contributed by atoms with van der Waals surface area (Å²) in [7, 11) is 3.08. The highest BCUT2D eigenvalue weighted by Crippen LogP contribution is 2.51. The van der Waals surface area contributed by atoms with Crippen molar-refractivity contribution in [1.82, 2.24) is 20.2 Å². The van der Waals surface area contributed by atoms with Crippen LogP contribution in [0, 0.1) is 12.3 Å². The number of nitrogens with zero attached hydrogens (tertiary/aromatic N) is 3. The zero-order chi connectivity index (χ0) is 24.5. The van der Waals surface area contributed by atoms with Gasteiger partial charge in [0.15, 0.2) is 0 Å². The molecule has 2 atom stereocenters. The molecule has 1 aliphatic heterocycles. The first-order chi connectivity index (χ1) is 16.1. The number of amides is 2. The monoisotopic (exact) mass is 474 g/mol. The minimum absolute atomic E-state index is 0.112. The van der Waals surface area contributed by atoms with E-state index in [0.717, 1.165) is 5.56 Å². The molecule has 1 aromatic carbocycles. The number of rotatable bonds is 6.